The molecular formula is C23H24ClN5O3. The van der Waals surface area contributed by atoms with Crippen LogP contribution in [0.5, 0.6) is 5.75 Å². The molecule has 0 saturated carbocycles. The number of aliphatic carboxylic acids is 1. The van der Waals surface area contributed by atoms with E-state index in [0.29, 0.717) is 29.7 Å². The summed E-state index contributed by atoms with van der Waals surface area (Å²) in [4.78, 5) is 24.5. The van der Waals surface area contributed by atoms with Gasteiger partial charge in [-0.1, -0.05) is 29.8 Å². The summed E-state index contributed by atoms with van der Waals surface area (Å²) in [5.74, 6) is 0.904. The fraction of sp³-hybridized carbons (Fsp3) is 0.304. The molecule has 3 heterocycles. The third-order valence-electron chi connectivity index (χ3n) is 5.16. The molecule has 1 unspecified atom stereocenters. The Balaban J connectivity index is 1.32. The Hall–Kier alpha value is -3.39. The van der Waals surface area contributed by atoms with Gasteiger partial charge in [0.15, 0.2) is 5.75 Å². The number of pyridine rings is 1. The first-order valence-electron chi connectivity index (χ1n) is 10.5. The zero-order chi connectivity index (χ0) is 22.3. The van der Waals surface area contributed by atoms with E-state index in [4.69, 9.17) is 16.3 Å². The van der Waals surface area contributed by atoms with Gasteiger partial charge < -0.3 is 20.5 Å². The number of carboxylic acids is 1. The van der Waals surface area contributed by atoms with Crippen LogP contribution in [0.4, 0.5) is 11.8 Å². The normalized spacial score (nSPS) is 13.5. The van der Waals surface area contributed by atoms with E-state index in [2.05, 4.69) is 31.7 Å². The van der Waals surface area contributed by atoms with Crippen molar-refractivity contribution in [2.75, 3.05) is 23.8 Å². The molecule has 3 aromatic rings. The molecule has 0 spiro atoms. The van der Waals surface area contributed by atoms with Crippen LogP contribution in [0.15, 0.2) is 48.8 Å². The maximum absolute atomic E-state index is 11.3. The highest BCUT2D eigenvalue weighted by atomic mass is 35.5. The number of carboxylic acid groups (broad SMARTS) is 1. The number of fused-ring (bicyclic) bond motifs is 1. The summed E-state index contributed by atoms with van der Waals surface area (Å²) in [6.45, 7) is 1.41. The zero-order valence-corrected chi connectivity index (χ0v) is 18.2. The largest absolute Gasteiger partial charge is 0.490 e. The molecule has 1 atom stereocenters. The summed E-state index contributed by atoms with van der Waals surface area (Å²) in [6, 6.07) is 10.7. The van der Waals surface area contributed by atoms with Gasteiger partial charge in [-0.2, -0.15) is 0 Å². The van der Waals surface area contributed by atoms with Crippen molar-refractivity contribution in [3.05, 3.63) is 70.6 Å². The highest BCUT2D eigenvalue weighted by molar-refractivity contribution is 6.30. The summed E-state index contributed by atoms with van der Waals surface area (Å²) in [5, 5.41) is 16.2. The van der Waals surface area contributed by atoms with E-state index < -0.39 is 12.0 Å². The van der Waals surface area contributed by atoms with Crippen LogP contribution in [0, 0.1) is 0 Å². The van der Waals surface area contributed by atoms with Crippen LogP contribution in [0.2, 0.25) is 5.02 Å². The predicted octanol–water partition coefficient (Wildman–Crippen LogP) is 4.13. The van der Waals surface area contributed by atoms with Crippen LogP contribution >= 0.6 is 11.6 Å². The molecule has 166 valence electrons. The molecule has 0 radical (unpaired) electrons. The fourth-order valence-corrected chi connectivity index (χ4v) is 3.65. The van der Waals surface area contributed by atoms with E-state index in [9.17, 15) is 9.90 Å². The lowest BCUT2D eigenvalue weighted by molar-refractivity contribution is -0.137. The van der Waals surface area contributed by atoms with Gasteiger partial charge in [0, 0.05) is 23.7 Å². The number of halogens is 1. The first-order chi connectivity index (χ1) is 15.6. The Labute approximate surface area is 191 Å². The van der Waals surface area contributed by atoms with E-state index in [1.165, 1.54) is 5.56 Å². The third kappa shape index (κ3) is 5.85. The molecule has 0 saturated heterocycles. The number of aryl methyl sites for hydroxylation is 1. The van der Waals surface area contributed by atoms with Crippen LogP contribution in [0.25, 0.3) is 0 Å². The standard InChI is InChI=1S/C23H24ClN5O3/c24-17-6-3-15(4-7-17)20(12-21(30)31)29-23-26-13-19(14-27-23)32-11-9-18-8-5-16-2-1-10-25-22(16)28-18/h3-8,13-14,20H,1-2,9-12H2,(H,25,28)(H,30,31)(H,26,27,29). The molecule has 1 aliphatic rings. The van der Waals surface area contributed by atoms with Crippen LogP contribution in [0.3, 0.4) is 0 Å². The number of hydrogen-bond acceptors (Lipinski definition) is 7. The monoisotopic (exact) mass is 453 g/mol. The Kier molecular flexibility index (Phi) is 7.01. The Bertz CT molecular complexity index is 1060. The predicted molar refractivity (Wildman–Crippen MR) is 122 cm³/mol. The van der Waals surface area contributed by atoms with Crippen molar-refractivity contribution in [2.45, 2.75) is 31.7 Å². The lowest BCUT2D eigenvalue weighted by Crippen LogP contribution is -2.17. The molecular weight excluding hydrogens is 430 g/mol. The molecule has 32 heavy (non-hydrogen) atoms. The number of aromatic nitrogens is 3. The van der Waals surface area contributed by atoms with E-state index in [0.717, 1.165) is 36.5 Å². The minimum absolute atomic E-state index is 0.119. The number of hydrogen-bond donors (Lipinski definition) is 3. The van der Waals surface area contributed by atoms with Crippen molar-refractivity contribution in [2.24, 2.45) is 0 Å². The highest BCUT2D eigenvalue weighted by Crippen LogP contribution is 2.23. The topological polar surface area (TPSA) is 109 Å². The maximum atomic E-state index is 11.3. The van der Waals surface area contributed by atoms with Crippen LogP contribution in [-0.2, 0) is 17.6 Å². The van der Waals surface area contributed by atoms with Crippen LogP contribution in [0.1, 0.15) is 35.7 Å². The van der Waals surface area contributed by atoms with Crippen molar-refractivity contribution in [3.8, 4) is 5.75 Å². The van der Waals surface area contributed by atoms with Crippen LogP contribution < -0.4 is 15.4 Å². The number of anilines is 2. The minimum atomic E-state index is -0.927. The molecule has 0 aliphatic carbocycles. The lowest BCUT2D eigenvalue weighted by Gasteiger charge is -2.18. The second kappa shape index (κ2) is 10.3. The molecule has 9 heteroatoms. The molecule has 2 aromatic heterocycles. The van der Waals surface area contributed by atoms with E-state index >= 15 is 0 Å². The summed E-state index contributed by atoms with van der Waals surface area (Å²) >= 11 is 5.93. The van der Waals surface area contributed by atoms with Crippen molar-refractivity contribution in [1.82, 2.24) is 15.0 Å². The summed E-state index contributed by atoms with van der Waals surface area (Å²) in [6.07, 6.45) is 5.89. The number of nitrogens with one attached hydrogen (secondary N) is 2. The van der Waals surface area contributed by atoms with E-state index in [1.54, 1.807) is 36.7 Å². The average molecular weight is 454 g/mol. The van der Waals surface area contributed by atoms with Gasteiger partial charge in [0.25, 0.3) is 0 Å². The first kappa shape index (κ1) is 21.8. The third-order valence-corrected chi connectivity index (χ3v) is 5.41. The SMILES string of the molecule is O=C(O)CC(Nc1ncc(OCCc2ccc3c(n2)NCCC3)cn1)c1ccc(Cl)cc1. The summed E-state index contributed by atoms with van der Waals surface area (Å²) < 4.78 is 5.75. The number of nitrogens with zero attached hydrogens (tertiary/aromatic N) is 3. The molecule has 3 N–H and O–H groups in total. The average Bonchev–Trinajstić information content (AvgIpc) is 2.80. The summed E-state index contributed by atoms with van der Waals surface area (Å²) in [5.41, 5.74) is 3.02. The van der Waals surface area contributed by atoms with Gasteiger partial charge >= 0.3 is 5.97 Å². The zero-order valence-electron chi connectivity index (χ0n) is 17.4. The second-order valence-corrected chi connectivity index (χ2v) is 7.96. The fourth-order valence-electron chi connectivity index (χ4n) is 3.52. The van der Waals surface area contributed by atoms with Crippen LogP contribution in [-0.4, -0.2) is 39.2 Å². The second-order valence-electron chi connectivity index (χ2n) is 7.53. The molecule has 0 bridgehead atoms. The quantitative estimate of drug-likeness (QED) is 0.443. The molecule has 8 nitrogen and oxygen atoms in total. The lowest BCUT2D eigenvalue weighted by atomic mass is 10.0. The van der Waals surface area contributed by atoms with E-state index in [1.807, 2.05) is 6.07 Å². The van der Waals surface area contributed by atoms with Crippen molar-refractivity contribution in [1.29, 1.82) is 0 Å². The molecule has 4 rings (SSSR count). The molecule has 1 aromatic carbocycles. The first-order valence-corrected chi connectivity index (χ1v) is 10.9. The molecule has 1 aliphatic heterocycles. The van der Waals surface area contributed by atoms with Gasteiger partial charge in [-0.25, -0.2) is 15.0 Å². The summed E-state index contributed by atoms with van der Waals surface area (Å²) in [7, 11) is 0. The maximum Gasteiger partial charge on any atom is 0.305 e. The van der Waals surface area contributed by atoms with Crippen molar-refractivity contribution in [3.63, 3.8) is 0 Å². The molecule has 0 fully saturated rings. The Morgan fingerprint density at radius 2 is 1.97 bits per heavy atom. The van der Waals surface area contributed by atoms with Crippen molar-refractivity contribution >= 4 is 29.3 Å². The number of carbonyl (C=O) groups is 1. The highest BCUT2D eigenvalue weighted by Gasteiger charge is 2.17. The Morgan fingerprint density at radius 3 is 2.72 bits per heavy atom. The van der Waals surface area contributed by atoms with Gasteiger partial charge in [-0.15, -0.1) is 0 Å². The van der Waals surface area contributed by atoms with Crippen molar-refractivity contribution < 1.29 is 14.6 Å². The van der Waals surface area contributed by atoms with E-state index in [-0.39, 0.29) is 6.42 Å². The van der Waals surface area contributed by atoms with Gasteiger partial charge in [0.1, 0.15) is 5.82 Å². The molecule has 0 amide bonds. The van der Waals surface area contributed by atoms with Gasteiger partial charge in [0.05, 0.1) is 31.5 Å². The number of ether oxygens (including phenoxy) is 1. The van der Waals surface area contributed by atoms with Gasteiger partial charge in [-0.05, 0) is 42.2 Å². The minimum Gasteiger partial charge on any atom is -0.490 e. The smallest absolute Gasteiger partial charge is 0.305 e. The number of benzene rings is 1. The van der Waals surface area contributed by atoms with Gasteiger partial charge in [-0.3, -0.25) is 4.79 Å². The van der Waals surface area contributed by atoms with Gasteiger partial charge in [0.2, 0.25) is 5.95 Å². The number of rotatable bonds is 9. The Morgan fingerprint density at radius 1 is 1.19 bits per heavy atom.